The molecule has 5 heteroatoms. The van der Waals surface area contributed by atoms with Gasteiger partial charge in [0, 0.05) is 6.42 Å². The summed E-state index contributed by atoms with van der Waals surface area (Å²) in [6.07, 6.45) is 4.08. The molecule has 0 radical (unpaired) electrons. The fourth-order valence-electron chi connectivity index (χ4n) is 1.46. The Morgan fingerprint density at radius 2 is 2.25 bits per heavy atom. The second-order valence-electron chi connectivity index (χ2n) is 3.59. The van der Waals surface area contributed by atoms with Crippen molar-refractivity contribution in [2.75, 3.05) is 6.54 Å². The van der Waals surface area contributed by atoms with E-state index in [1.807, 2.05) is 17.5 Å². The smallest absolute Gasteiger partial charge is 0.226 e. The second-order valence-corrected chi connectivity index (χ2v) is 4.54. The summed E-state index contributed by atoms with van der Waals surface area (Å²) in [6.45, 7) is 0.754. The predicted octanol–water partition coefficient (Wildman–Crippen LogP) is 2.47. The van der Waals surface area contributed by atoms with Crippen molar-refractivity contribution in [1.82, 2.24) is 10.1 Å². The van der Waals surface area contributed by atoms with Gasteiger partial charge in [0.05, 0.1) is 4.88 Å². The SMILES string of the molecule is NCCCCCc1nc(-c2cccs2)no1. The summed E-state index contributed by atoms with van der Waals surface area (Å²) in [6, 6.07) is 3.98. The number of nitrogens with two attached hydrogens (primary N) is 1. The summed E-state index contributed by atoms with van der Waals surface area (Å²) in [4.78, 5) is 5.40. The molecule has 0 saturated heterocycles. The standard InChI is InChI=1S/C11H15N3OS/c12-7-3-1-2-6-10-13-11(14-15-10)9-5-4-8-16-9/h4-5,8H,1-3,6-7,12H2. The van der Waals surface area contributed by atoms with Crippen LogP contribution in [0.4, 0.5) is 0 Å². The zero-order chi connectivity index (χ0) is 11.2. The third-order valence-electron chi connectivity index (χ3n) is 2.30. The van der Waals surface area contributed by atoms with Crippen LogP contribution in [0.2, 0.25) is 0 Å². The highest BCUT2D eigenvalue weighted by atomic mass is 32.1. The van der Waals surface area contributed by atoms with Gasteiger partial charge in [-0.25, -0.2) is 0 Å². The average Bonchev–Trinajstić information content (AvgIpc) is 2.94. The minimum atomic E-state index is 0.698. The zero-order valence-corrected chi connectivity index (χ0v) is 9.87. The number of aromatic nitrogens is 2. The lowest BCUT2D eigenvalue weighted by atomic mass is 10.2. The van der Waals surface area contributed by atoms with E-state index < -0.39 is 0 Å². The van der Waals surface area contributed by atoms with Gasteiger partial charge in [0.2, 0.25) is 11.7 Å². The highest BCUT2D eigenvalue weighted by Gasteiger charge is 2.08. The van der Waals surface area contributed by atoms with Crippen molar-refractivity contribution in [3.63, 3.8) is 0 Å². The van der Waals surface area contributed by atoms with Crippen molar-refractivity contribution in [1.29, 1.82) is 0 Å². The Labute approximate surface area is 98.5 Å². The molecule has 0 aromatic carbocycles. The highest BCUT2D eigenvalue weighted by molar-refractivity contribution is 7.13. The Morgan fingerprint density at radius 1 is 1.31 bits per heavy atom. The number of hydrogen-bond acceptors (Lipinski definition) is 5. The first-order chi connectivity index (χ1) is 7.90. The maximum atomic E-state index is 5.43. The molecule has 0 atom stereocenters. The Bertz CT molecular complexity index is 411. The fraction of sp³-hybridized carbons (Fsp3) is 0.455. The molecule has 2 aromatic heterocycles. The Kier molecular flexibility index (Phi) is 4.07. The van der Waals surface area contributed by atoms with Gasteiger partial charge < -0.3 is 10.3 Å². The summed E-state index contributed by atoms with van der Waals surface area (Å²) in [5, 5.41) is 5.96. The van der Waals surface area contributed by atoms with E-state index in [0.29, 0.717) is 5.82 Å². The minimum Gasteiger partial charge on any atom is -0.339 e. The lowest BCUT2D eigenvalue weighted by Gasteiger charge is -1.93. The summed E-state index contributed by atoms with van der Waals surface area (Å²) in [7, 11) is 0. The molecule has 0 aliphatic rings. The Morgan fingerprint density at radius 3 is 3.00 bits per heavy atom. The normalized spacial score (nSPS) is 10.8. The Hall–Kier alpha value is -1.20. The summed E-state index contributed by atoms with van der Waals surface area (Å²) >= 11 is 1.62. The molecule has 0 spiro atoms. The number of thiophene rings is 1. The lowest BCUT2D eigenvalue weighted by molar-refractivity contribution is 0.374. The molecule has 0 saturated carbocycles. The van der Waals surface area contributed by atoms with E-state index in [4.69, 9.17) is 10.3 Å². The van der Waals surface area contributed by atoms with Crippen LogP contribution in [0.3, 0.4) is 0 Å². The Balaban J connectivity index is 1.88. The van der Waals surface area contributed by atoms with Crippen LogP contribution >= 0.6 is 11.3 Å². The van der Waals surface area contributed by atoms with E-state index >= 15 is 0 Å². The molecule has 2 N–H and O–H groups in total. The number of nitrogens with zero attached hydrogens (tertiary/aromatic N) is 2. The van der Waals surface area contributed by atoms with E-state index in [0.717, 1.165) is 43.0 Å². The van der Waals surface area contributed by atoms with Crippen molar-refractivity contribution in [2.45, 2.75) is 25.7 Å². The van der Waals surface area contributed by atoms with Crippen molar-refractivity contribution >= 4 is 11.3 Å². The van der Waals surface area contributed by atoms with E-state index in [2.05, 4.69) is 10.1 Å². The summed E-state index contributed by atoms with van der Waals surface area (Å²) in [5.74, 6) is 1.42. The van der Waals surface area contributed by atoms with Gasteiger partial charge in [-0.05, 0) is 30.8 Å². The first kappa shape index (κ1) is 11.3. The van der Waals surface area contributed by atoms with Crippen LogP contribution in [0.25, 0.3) is 10.7 Å². The average molecular weight is 237 g/mol. The van der Waals surface area contributed by atoms with Crippen LogP contribution in [-0.4, -0.2) is 16.7 Å². The molecular formula is C11H15N3OS. The van der Waals surface area contributed by atoms with Gasteiger partial charge in [0.1, 0.15) is 0 Å². The topological polar surface area (TPSA) is 64.9 Å². The molecule has 4 nitrogen and oxygen atoms in total. The van der Waals surface area contributed by atoms with E-state index in [9.17, 15) is 0 Å². The molecule has 16 heavy (non-hydrogen) atoms. The highest BCUT2D eigenvalue weighted by Crippen LogP contribution is 2.21. The first-order valence-electron chi connectivity index (χ1n) is 5.46. The van der Waals surface area contributed by atoms with Gasteiger partial charge in [0.15, 0.2) is 0 Å². The second kappa shape index (κ2) is 5.77. The molecule has 0 amide bonds. The lowest BCUT2D eigenvalue weighted by Crippen LogP contribution is -1.98. The van der Waals surface area contributed by atoms with Crippen molar-refractivity contribution in [3.05, 3.63) is 23.4 Å². The molecule has 0 aliphatic carbocycles. The molecule has 0 unspecified atom stereocenters. The summed E-state index contributed by atoms with van der Waals surface area (Å²) in [5.41, 5.74) is 5.43. The van der Waals surface area contributed by atoms with E-state index in [1.54, 1.807) is 11.3 Å². The van der Waals surface area contributed by atoms with Gasteiger partial charge in [-0.15, -0.1) is 11.3 Å². The van der Waals surface area contributed by atoms with Crippen LogP contribution < -0.4 is 5.73 Å². The number of unbranched alkanes of at least 4 members (excludes halogenated alkanes) is 2. The van der Waals surface area contributed by atoms with Crippen molar-refractivity contribution < 1.29 is 4.52 Å². The quantitative estimate of drug-likeness (QED) is 0.784. The summed E-state index contributed by atoms with van der Waals surface area (Å²) < 4.78 is 5.18. The molecule has 0 aliphatic heterocycles. The zero-order valence-electron chi connectivity index (χ0n) is 9.06. The molecule has 2 aromatic rings. The maximum absolute atomic E-state index is 5.43. The third kappa shape index (κ3) is 2.90. The van der Waals surface area contributed by atoms with Gasteiger partial charge in [-0.3, -0.25) is 0 Å². The molecule has 0 bridgehead atoms. The van der Waals surface area contributed by atoms with Gasteiger partial charge in [-0.2, -0.15) is 4.98 Å². The third-order valence-corrected chi connectivity index (χ3v) is 3.17. The fourth-order valence-corrected chi connectivity index (χ4v) is 2.11. The van der Waals surface area contributed by atoms with Crippen molar-refractivity contribution in [2.24, 2.45) is 5.73 Å². The number of rotatable bonds is 6. The number of aryl methyl sites for hydroxylation is 1. The molecule has 86 valence electrons. The van der Waals surface area contributed by atoms with Crippen molar-refractivity contribution in [3.8, 4) is 10.7 Å². The van der Waals surface area contributed by atoms with Crippen LogP contribution in [0.1, 0.15) is 25.2 Å². The van der Waals surface area contributed by atoms with Gasteiger partial charge >= 0.3 is 0 Å². The van der Waals surface area contributed by atoms with Crippen LogP contribution in [0.15, 0.2) is 22.0 Å². The molecule has 2 rings (SSSR count). The first-order valence-corrected chi connectivity index (χ1v) is 6.34. The van der Waals surface area contributed by atoms with Gasteiger partial charge in [0.25, 0.3) is 0 Å². The minimum absolute atomic E-state index is 0.698. The largest absolute Gasteiger partial charge is 0.339 e. The van der Waals surface area contributed by atoms with E-state index in [1.165, 1.54) is 0 Å². The number of hydrogen-bond donors (Lipinski definition) is 1. The molecule has 2 heterocycles. The van der Waals surface area contributed by atoms with E-state index in [-0.39, 0.29) is 0 Å². The van der Waals surface area contributed by atoms with Crippen LogP contribution in [-0.2, 0) is 6.42 Å². The van der Waals surface area contributed by atoms with Gasteiger partial charge in [-0.1, -0.05) is 17.6 Å². The van der Waals surface area contributed by atoms with Crippen LogP contribution in [0.5, 0.6) is 0 Å². The predicted molar refractivity (Wildman–Crippen MR) is 64.2 cm³/mol. The molecule has 0 fully saturated rings. The monoisotopic (exact) mass is 237 g/mol. The maximum Gasteiger partial charge on any atom is 0.226 e. The van der Waals surface area contributed by atoms with Crippen LogP contribution in [0, 0.1) is 0 Å². The molecular weight excluding hydrogens is 222 g/mol.